The Morgan fingerprint density at radius 1 is 1.15 bits per heavy atom. The molecule has 0 aliphatic heterocycles. The summed E-state index contributed by atoms with van der Waals surface area (Å²) >= 11 is 11.6. The van der Waals surface area contributed by atoms with Crippen molar-refractivity contribution in [3.05, 3.63) is 33.8 Å². The van der Waals surface area contributed by atoms with Gasteiger partial charge in [-0.2, -0.15) is 0 Å². The molecule has 4 N–H and O–H groups in total. The van der Waals surface area contributed by atoms with Crippen molar-refractivity contribution in [1.29, 1.82) is 0 Å². The van der Waals surface area contributed by atoms with Crippen LogP contribution in [0.15, 0.2) is 18.2 Å². The van der Waals surface area contributed by atoms with Crippen LogP contribution in [0.2, 0.25) is 10.0 Å². The van der Waals surface area contributed by atoms with Crippen LogP contribution in [0.5, 0.6) is 0 Å². The third-order valence-electron chi connectivity index (χ3n) is 1.79. The molecule has 0 unspecified atom stereocenters. The van der Waals surface area contributed by atoms with E-state index in [4.69, 9.17) is 34.7 Å². The first-order chi connectivity index (χ1) is 6.13. The number of hydrogen-bond donors (Lipinski definition) is 2. The molecule has 0 saturated carbocycles. The van der Waals surface area contributed by atoms with Crippen molar-refractivity contribution in [3.63, 3.8) is 0 Å². The Morgan fingerprint density at radius 2 is 1.69 bits per heavy atom. The molecule has 4 heteroatoms. The van der Waals surface area contributed by atoms with Crippen molar-refractivity contribution in [2.75, 3.05) is 6.54 Å². The van der Waals surface area contributed by atoms with E-state index in [-0.39, 0.29) is 6.04 Å². The molecule has 1 atom stereocenters. The van der Waals surface area contributed by atoms with E-state index in [1.807, 2.05) is 12.1 Å². The molecule has 0 saturated heterocycles. The Hall–Kier alpha value is -0.280. The molecular weight excluding hydrogens is 207 g/mol. The Bertz CT molecular complexity index is 269. The van der Waals surface area contributed by atoms with Gasteiger partial charge in [-0.25, -0.2) is 0 Å². The van der Waals surface area contributed by atoms with Gasteiger partial charge in [-0.15, -0.1) is 0 Å². The molecule has 0 aliphatic rings. The molecule has 0 aromatic heterocycles. The third kappa shape index (κ3) is 3.16. The highest BCUT2D eigenvalue weighted by Gasteiger charge is 2.06. The molecule has 0 fully saturated rings. The fraction of sp³-hybridized carbons (Fsp3) is 0.333. The van der Waals surface area contributed by atoms with Crippen molar-refractivity contribution < 1.29 is 0 Å². The summed E-state index contributed by atoms with van der Waals surface area (Å²) in [5, 5.41) is 1.21. The number of benzene rings is 1. The molecular formula is C9H12Cl2N2. The smallest absolute Gasteiger partial charge is 0.0424 e. The van der Waals surface area contributed by atoms with Gasteiger partial charge in [0, 0.05) is 16.1 Å². The Labute approximate surface area is 87.8 Å². The van der Waals surface area contributed by atoms with Crippen LogP contribution in [0, 0.1) is 0 Å². The van der Waals surface area contributed by atoms with Gasteiger partial charge in [0.25, 0.3) is 0 Å². The van der Waals surface area contributed by atoms with Crippen LogP contribution in [0.3, 0.4) is 0 Å². The molecule has 1 aromatic carbocycles. The van der Waals surface area contributed by atoms with Gasteiger partial charge in [0.2, 0.25) is 0 Å². The average molecular weight is 219 g/mol. The quantitative estimate of drug-likeness (QED) is 0.819. The molecule has 0 spiro atoms. The minimum absolute atomic E-state index is 0.0822. The largest absolute Gasteiger partial charge is 0.330 e. The highest BCUT2D eigenvalue weighted by Crippen LogP contribution is 2.23. The summed E-state index contributed by atoms with van der Waals surface area (Å²) in [5.41, 5.74) is 12.2. The minimum Gasteiger partial charge on any atom is -0.330 e. The first kappa shape index (κ1) is 10.8. The Morgan fingerprint density at radius 3 is 2.15 bits per heavy atom. The summed E-state index contributed by atoms with van der Waals surface area (Å²) in [7, 11) is 0. The molecule has 0 aliphatic carbocycles. The normalized spacial score (nSPS) is 12.9. The second kappa shape index (κ2) is 4.82. The molecule has 0 amide bonds. The number of hydrogen-bond acceptors (Lipinski definition) is 2. The van der Waals surface area contributed by atoms with E-state index >= 15 is 0 Å². The fourth-order valence-electron chi connectivity index (χ4n) is 1.14. The van der Waals surface area contributed by atoms with Gasteiger partial charge in [0.1, 0.15) is 0 Å². The van der Waals surface area contributed by atoms with Crippen LogP contribution in [0.1, 0.15) is 18.0 Å². The predicted molar refractivity (Wildman–Crippen MR) is 57.1 cm³/mol. The molecule has 2 nitrogen and oxygen atoms in total. The lowest BCUT2D eigenvalue weighted by Crippen LogP contribution is -2.15. The van der Waals surface area contributed by atoms with Gasteiger partial charge in [-0.3, -0.25) is 0 Å². The SMILES string of the molecule is NCC[C@@H](N)c1cc(Cl)cc(Cl)c1. The fourth-order valence-corrected chi connectivity index (χ4v) is 1.68. The van der Waals surface area contributed by atoms with Gasteiger partial charge >= 0.3 is 0 Å². The van der Waals surface area contributed by atoms with E-state index in [1.165, 1.54) is 0 Å². The lowest BCUT2D eigenvalue weighted by molar-refractivity contribution is 0.661. The van der Waals surface area contributed by atoms with E-state index in [0.29, 0.717) is 16.6 Å². The van der Waals surface area contributed by atoms with Crippen LogP contribution in [-0.4, -0.2) is 6.54 Å². The van der Waals surface area contributed by atoms with Crippen LogP contribution < -0.4 is 11.5 Å². The zero-order chi connectivity index (χ0) is 9.84. The summed E-state index contributed by atoms with van der Waals surface area (Å²) in [4.78, 5) is 0. The summed E-state index contributed by atoms with van der Waals surface area (Å²) in [6.07, 6.45) is 0.733. The molecule has 1 aromatic rings. The minimum atomic E-state index is -0.0822. The highest BCUT2D eigenvalue weighted by atomic mass is 35.5. The standard InChI is InChI=1S/C9H12Cl2N2/c10-7-3-6(4-8(11)5-7)9(13)1-2-12/h3-5,9H,1-2,12-13H2/t9-/m1/s1. The Kier molecular flexibility index (Phi) is 4.00. The van der Waals surface area contributed by atoms with Gasteiger partial charge < -0.3 is 11.5 Å². The summed E-state index contributed by atoms with van der Waals surface area (Å²) < 4.78 is 0. The predicted octanol–water partition coefficient (Wildman–Crippen LogP) is 2.34. The molecule has 0 radical (unpaired) electrons. The van der Waals surface area contributed by atoms with Crippen molar-refractivity contribution in [3.8, 4) is 0 Å². The molecule has 13 heavy (non-hydrogen) atoms. The summed E-state index contributed by atoms with van der Waals surface area (Å²) in [6, 6.07) is 5.23. The van der Waals surface area contributed by atoms with Crippen LogP contribution >= 0.6 is 23.2 Å². The maximum Gasteiger partial charge on any atom is 0.0424 e. The molecule has 1 rings (SSSR count). The molecule has 0 bridgehead atoms. The van der Waals surface area contributed by atoms with Gasteiger partial charge in [-0.1, -0.05) is 23.2 Å². The zero-order valence-electron chi connectivity index (χ0n) is 7.13. The van der Waals surface area contributed by atoms with Gasteiger partial charge in [0.15, 0.2) is 0 Å². The van der Waals surface area contributed by atoms with Crippen LogP contribution in [0.4, 0.5) is 0 Å². The van der Waals surface area contributed by atoms with E-state index in [9.17, 15) is 0 Å². The first-order valence-electron chi connectivity index (χ1n) is 4.05. The topological polar surface area (TPSA) is 52.0 Å². The number of nitrogens with two attached hydrogens (primary N) is 2. The monoisotopic (exact) mass is 218 g/mol. The third-order valence-corrected chi connectivity index (χ3v) is 2.23. The average Bonchev–Trinajstić information content (AvgIpc) is 2.03. The van der Waals surface area contributed by atoms with Crippen LogP contribution in [-0.2, 0) is 0 Å². The van der Waals surface area contributed by atoms with Gasteiger partial charge in [-0.05, 0) is 36.7 Å². The maximum absolute atomic E-state index is 5.85. The number of rotatable bonds is 3. The Balaban J connectivity index is 2.87. The van der Waals surface area contributed by atoms with Crippen molar-refractivity contribution in [2.24, 2.45) is 11.5 Å². The first-order valence-corrected chi connectivity index (χ1v) is 4.80. The van der Waals surface area contributed by atoms with Crippen LogP contribution in [0.25, 0.3) is 0 Å². The van der Waals surface area contributed by atoms with E-state index < -0.39 is 0 Å². The zero-order valence-corrected chi connectivity index (χ0v) is 8.65. The van der Waals surface area contributed by atoms with Gasteiger partial charge in [0.05, 0.1) is 0 Å². The summed E-state index contributed by atoms with van der Waals surface area (Å²) in [5.74, 6) is 0. The second-order valence-electron chi connectivity index (χ2n) is 2.89. The van der Waals surface area contributed by atoms with Crippen molar-refractivity contribution >= 4 is 23.2 Å². The number of halogens is 2. The van der Waals surface area contributed by atoms with E-state index in [0.717, 1.165) is 12.0 Å². The lowest BCUT2D eigenvalue weighted by atomic mass is 10.1. The van der Waals surface area contributed by atoms with Crippen molar-refractivity contribution in [2.45, 2.75) is 12.5 Å². The van der Waals surface area contributed by atoms with E-state index in [1.54, 1.807) is 6.07 Å². The second-order valence-corrected chi connectivity index (χ2v) is 3.76. The summed E-state index contributed by atoms with van der Waals surface area (Å²) in [6.45, 7) is 0.561. The lowest BCUT2D eigenvalue weighted by Gasteiger charge is -2.11. The highest BCUT2D eigenvalue weighted by molar-refractivity contribution is 6.34. The van der Waals surface area contributed by atoms with Crippen molar-refractivity contribution in [1.82, 2.24) is 0 Å². The van der Waals surface area contributed by atoms with E-state index in [2.05, 4.69) is 0 Å². The maximum atomic E-state index is 5.85. The molecule has 72 valence electrons. The molecule has 0 heterocycles.